The molecule has 0 aliphatic carbocycles. The lowest BCUT2D eigenvalue weighted by Gasteiger charge is -2.25. The normalized spacial score (nSPS) is 23.6. The quantitative estimate of drug-likeness (QED) is 0.526. The van der Waals surface area contributed by atoms with Crippen LogP contribution >= 0.6 is 0 Å². The second kappa shape index (κ2) is 3.05. The molecule has 1 fully saturated rings. The second-order valence-electron chi connectivity index (χ2n) is 2.22. The van der Waals surface area contributed by atoms with E-state index in [1.807, 2.05) is 0 Å². The second-order valence-corrected chi connectivity index (χ2v) is 2.22. The highest BCUT2D eigenvalue weighted by molar-refractivity contribution is 4.60. The van der Waals surface area contributed by atoms with Gasteiger partial charge in [0.15, 0.2) is 0 Å². The Kier molecular flexibility index (Phi) is 2.30. The van der Waals surface area contributed by atoms with Crippen LogP contribution in [0, 0.1) is 0 Å². The van der Waals surface area contributed by atoms with E-state index in [1.165, 1.54) is 26.1 Å². The number of nitrogens with one attached hydrogen (secondary N) is 1. The van der Waals surface area contributed by atoms with Gasteiger partial charge < -0.3 is 5.32 Å². The lowest BCUT2D eigenvalue weighted by atomic mass is 10.3. The van der Waals surface area contributed by atoms with Gasteiger partial charge in [0.05, 0.1) is 0 Å². The van der Waals surface area contributed by atoms with Crippen molar-refractivity contribution >= 4 is 0 Å². The van der Waals surface area contributed by atoms with Crippen molar-refractivity contribution in [1.29, 1.82) is 0 Å². The van der Waals surface area contributed by atoms with Gasteiger partial charge in [0.25, 0.3) is 0 Å². The van der Waals surface area contributed by atoms with Crippen molar-refractivity contribution in [3.8, 4) is 0 Å². The molecule has 1 aliphatic heterocycles. The molecule has 0 radical (unpaired) electrons. The van der Waals surface area contributed by atoms with Gasteiger partial charge in [0.1, 0.15) is 0 Å². The first-order valence-electron chi connectivity index (χ1n) is 3.36. The van der Waals surface area contributed by atoms with Crippen molar-refractivity contribution in [2.24, 2.45) is 0 Å². The highest BCUT2D eigenvalue weighted by Gasteiger charge is 2.04. The molecule has 0 bridgehead atoms. The lowest BCUT2D eigenvalue weighted by Crippen LogP contribution is -2.41. The molecule has 8 heavy (non-hydrogen) atoms. The molecule has 0 aromatic rings. The summed E-state index contributed by atoms with van der Waals surface area (Å²) in [6, 6.07) is 0. The number of nitrogens with zero attached hydrogens (tertiary/aromatic N) is 1. The fourth-order valence-corrected chi connectivity index (χ4v) is 1.01. The molecule has 0 saturated carbocycles. The molecular formula is C6H14N2. The molecule has 0 atom stereocenters. The Labute approximate surface area is 50.9 Å². The van der Waals surface area contributed by atoms with Crippen LogP contribution in [0.1, 0.15) is 13.3 Å². The van der Waals surface area contributed by atoms with E-state index in [2.05, 4.69) is 17.1 Å². The smallest absolute Gasteiger partial charge is 0.0480 e. The summed E-state index contributed by atoms with van der Waals surface area (Å²) in [7, 11) is 0. The van der Waals surface area contributed by atoms with E-state index < -0.39 is 0 Å². The molecule has 2 heteroatoms. The Morgan fingerprint density at radius 2 is 2.50 bits per heavy atom. The van der Waals surface area contributed by atoms with Crippen molar-refractivity contribution < 1.29 is 0 Å². The molecular weight excluding hydrogens is 100 g/mol. The number of rotatable bonds is 1. The Morgan fingerprint density at radius 1 is 1.62 bits per heavy atom. The molecule has 1 rings (SSSR count). The van der Waals surface area contributed by atoms with E-state index in [-0.39, 0.29) is 0 Å². The van der Waals surface area contributed by atoms with Gasteiger partial charge in [-0.05, 0) is 19.5 Å². The summed E-state index contributed by atoms with van der Waals surface area (Å²) in [5.74, 6) is 0. The zero-order valence-corrected chi connectivity index (χ0v) is 5.48. The number of hydrogen-bond donors (Lipinski definition) is 1. The minimum atomic E-state index is 1.09. The first-order valence-corrected chi connectivity index (χ1v) is 3.36. The summed E-state index contributed by atoms with van der Waals surface area (Å²) >= 11 is 0. The van der Waals surface area contributed by atoms with E-state index >= 15 is 0 Å². The van der Waals surface area contributed by atoms with Crippen molar-refractivity contribution in [2.75, 3.05) is 26.3 Å². The zero-order valence-electron chi connectivity index (χ0n) is 5.48. The molecule has 0 unspecified atom stereocenters. The summed E-state index contributed by atoms with van der Waals surface area (Å²) in [6.45, 7) is 6.97. The van der Waals surface area contributed by atoms with E-state index in [4.69, 9.17) is 0 Å². The van der Waals surface area contributed by atoms with Crippen molar-refractivity contribution in [3.05, 3.63) is 0 Å². The minimum absolute atomic E-state index is 1.09. The third kappa shape index (κ3) is 1.46. The van der Waals surface area contributed by atoms with Gasteiger partial charge >= 0.3 is 0 Å². The zero-order chi connectivity index (χ0) is 5.82. The van der Waals surface area contributed by atoms with Crippen LogP contribution in [0.4, 0.5) is 0 Å². The highest BCUT2D eigenvalue weighted by atomic mass is 15.2. The molecule has 0 aromatic heterocycles. The molecule has 1 heterocycles. The van der Waals surface area contributed by atoms with Gasteiger partial charge in [0.2, 0.25) is 0 Å². The lowest BCUT2D eigenvalue weighted by molar-refractivity contribution is 0.226. The van der Waals surface area contributed by atoms with Gasteiger partial charge in [-0.3, -0.25) is 4.90 Å². The molecule has 1 saturated heterocycles. The topological polar surface area (TPSA) is 15.3 Å². The molecule has 2 nitrogen and oxygen atoms in total. The predicted molar refractivity (Wildman–Crippen MR) is 34.7 cm³/mol. The fraction of sp³-hybridized carbons (Fsp3) is 1.00. The van der Waals surface area contributed by atoms with Crippen LogP contribution < -0.4 is 5.32 Å². The Balaban J connectivity index is 2.13. The molecule has 0 spiro atoms. The summed E-state index contributed by atoms with van der Waals surface area (Å²) in [5.41, 5.74) is 0. The highest BCUT2D eigenvalue weighted by Crippen LogP contribution is 1.92. The maximum atomic E-state index is 3.31. The number of hydrogen-bond acceptors (Lipinski definition) is 2. The van der Waals surface area contributed by atoms with E-state index in [9.17, 15) is 0 Å². The maximum Gasteiger partial charge on any atom is 0.0480 e. The van der Waals surface area contributed by atoms with Crippen molar-refractivity contribution in [2.45, 2.75) is 13.3 Å². The molecule has 0 amide bonds. The van der Waals surface area contributed by atoms with Gasteiger partial charge in [-0.2, -0.15) is 0 Å². The molecule has 0 aromatic carbocycles. The van der Waals surface area contributed by atoms with Crippen LogP contribution in [0.5, 0.6) is 0 Å². The van der Waals surface area contributed by atoms with Gasteiger partial charge in [-0.1, -0.05) is 6.92 Å². The Morgan fingerprint density at radius 3 is 2.88 bits per heavy atom. The van der Waals surface area contributed by atoms with Crippen LogP contribution in [0.25, 0.3) is 0 Å². The summed E-state index contributed by atoms with van der Waals surface area (Å²) in [5, 5.41) is 3.31. The van der Waals surface area contributed by atoms with Crippen molar-refractivity contribution in [3.63, 3.8) is 0 Å². The van der Waals surface area contributed by atoms with Gasteiger partial charge in [0, 0.05) is 13.2 Å². The Hall–Kier alpha value is -0.0800. The fourth-order valence-electron chi connectivity index (χ4n) is 1.01. The van der Waals surface area contributed by atoms with Crippen LogP contribution in [-0.2, 0) is 0 Å². The predicted octanol–water partition coefficient (Wildman–Crippen LogP) is 0.259. The first kappa shape index (κ1) is 6.05. The average molecular weight is 114 g/mol. The van der Waals surface area contributed by atoms with Gasteiger partial charge in [-0.25, -0.2) is 0 Å². The largest absolute Gasteiger partial charge is 0.304 e. The maximum absolute atomic E-state index is 3.31. The van der Waals surface area contributed by atoms with Crippen LogP contribution in [-0.4, -0.2) is 31.2 Å². The average Bonchev–Trinajstić information content (AvgIpc) is 1.90. The van der Waals surface area contributed by atoms with Crippen LogP contribution in [0.3, 0.4) is 0 Å². The first-order chi connectivity index (χ1) is 3.93. The third-order valence-electron chi connectivity index (χ3n) is 1.61. The summed E-state index contributed by atoms with van der Waals surface area (Å²) in [4.78, 5) is 2.41. The SMILES string of the molecule is CCN1CCCNC1. The standard InChI is InChI=1S/C6H14N2/c1-2-8-5-3-4-7-6-8/h7H,2-6H2,1H3. The summed E-state index contributed by atoms with van der Waals surface area (Å²) in [6.07, 6.45) is 1.31. The third-order valence-corrected chi connectivity index (χ3v) is 1.61. The molecule has 48 valence electrons. The molecule has 1 aliphatic rings. The van der Waals surface area contributed by atoms with E-state index in [0.717, 1.165) is 6.67 Å². The Bertz CT molecular complexity index is 57.5. The van der Waals surface area contributed by atoms with Crippen LogP contribution in [0.2, 0.25) is 0 Å². The summed E-state index contributed by atoms with van der Waals surface area (Å²) < 4.78 is 0. The molecule has 1 N–H and O–H groups in total. The monoisotopic (exact) mass is 114 g/mol. The minimum Gasteiger partial charge on any atom is -0.304 e. The van der Waals surface area contributed by atoms with Gasteiger partial charge in [-0.15, -0.1) is 0 Å². The van der Waals surface area contributed by atoms with Crippen molar-refractivity contribution in [1.82, 2.24) is 10.2 Å². The van der Waals surface area contributed by atoms with E-state index in [0.29, 0.717) is 0 Å². The van der Waals surface area contributed by atoms with E-state index in [1.54, 1.807) is 0 Å². The van der Waals surface area contributed by atoms with Crippen LogP contribution in [0.15, 0.2) is 0 Å².